The van der Waals surface area contributed by atoms with Gasteiger partial charge in [0.15, 0.2) is 8.32 Å². The van der Waals surface area contributed by atoms with E-state index in [4.69, 9.17) is 15.2 Å². The standard InChI is InChI=1S/C14H23F3N2O2Si/c1-13(2,3)22(4,5)20-9-12(21-18)10-6-11(8-19-7-10)14(15,16)17/h6-8,12H,9,18H2,1-5H3. The van der Waals surface area contributed by atoms with Crippen LogP contribution < -0.4 is 5.90 Å². The van der Waals surface area contributed by atoms with Crippen LogP contribution in [0.2, 0.25) is 18.1 Å². The van der Waals surface area contributed by atoms with Crippen molar-refractivity contribution in [2.45, 2.75) is 51.2 Å². The van der Waals surface area contributed by atoms with Gasteiger partial charge in [-0.25, -0.2) is 5.90 Å². The van der Waals surface area contributed by atoms with Crippen molar-refractivity contribution in [3.8, 4) is 0 Å². The van der Waals surface area contributed by atoms with Crippen LogP contribution in [-0.4, -0.2) is 19.9 Å². The van der Waals surface area contributed by atoms with Crippen LogP contribution in [0.15, 0.2) is 18.5 Å². The van der Waals surface area contributed by atoms with E-state index in [1.807, 2.05) is 13.1 Å². The number of halogens is 3. The number of nitrogens with zero attached hydrogens (tertiary/aromatic N) is 1. The Balaban J connectivity index is 2.90. The number of rotatable bonds is 5. The number of nitrogens with two attached hydrogens (primary N) is 1. The first kappa shape index (κ1) is 19.1. The van der Waals surface area contributed by atoms with Crippen LogP contribution in [0.5, 0.6) is 0 Å². The van der Waals surface area contributed by atoms with Crippen molar-refractivity contribution in [3.05, 3.63) is 29.6 Å². The summed E-state index contributed by atoms with van der Waals surface area (Å²) in [5, 5.41) is -0.0157. The van der Waals surface area contributed by atoms with Crippen LogP contribution in [0.1, 0.15) is 38.0 Å². The zero-order valence-corrected chi connectivity index (χ0v) is 14.5. The summed E-state index contributed by atoms with van der Waals surface area (Å²) in [4.78, 5) is 8.42. The highest BCUT2D eigenvalue weighted by atomic mass is 28.4. The zero-order chi connectivity index (χ0) is 17.2. The molecule has 1 rings (SSSR count). The van der Waals surface area contributed by atoms with Gasteiger partial charge in [0.25, 0.3) is 0 Å². The number of pyridine rings is 1. The molecule has 0 bridgehead atoms. The van der Waals surface area contributed by atoms with Crippen molar-refractivity contribution in [3.63, 3.8) is 0 Å². The normalized spacial score (nSPS) is 15.0. The minimum atomic E-state index is -4.46. The molecule has 0 saturated heterocycles. The highest BCUT2D eigenvalue weighted by Gasteiger charge is 2.38. The maximum absolute atomic E-state index is 12.7. The third-order valence-corrected chi connectivity index (χ3v) is 8.53. The Kier molecular flexibility index (Phi) is 5.77. The second-order valence-corrected chi connectivity index (χ2v) is 11.5. The van der Waals surface area contributed by atoms with Gasteiger partial charge >= 0.3 is 6.18 Å². The number of aromatic nitrogens is 1. The fourth-order valence-electron chi connectivity index (χ4n) is 1.50. The monoisotopic (exact) mass is 336 g/mol. The molecule has 0 amide bonds. The quantitative estimate of drug-likeness (QED) is 0.651. The van der Waals surface area contributed by atoms with Gasteiger partial charge in [-0.2, -0.15) is 13.2 Å². The molecule has 4 nitrogen and oxygen atoms in total. The minimum Gasteiger partial charge on any atom is -0.414 e. The Bertz CT molecular complexity index is 502. The number of hydrogen-bond acceptors (Lipinski definition) is 4. The van der Waals surface area contributed by atoms with Crippen LogP contribution in [0.3, 0.4) is 0 Å². The molecule has 1 aromatic rings. The molecular weight excluding hydrogens is 313 g/mol. The van der Waals surface area contributed by atoms with Gasteiger partial charge in [0, 0.05) is 18.0 Å². The van der Waals surface area contributed by atoms with Crippen molar-refractivity contribution >= 4 is 8.32 Å². The van der Waals surface area contributed by atoms with E-state index in [0.717, 1.165) is 12.3 Å². The van der Waals surface area contributed by atoms with E-state index in [9.17, 15) is 13.2 Å². The minimum absolute atomic E-state index is 0.0157. The summed E-state index contributed by atoms with van der Waals surface area (Å²) in [5.41, 5.74) is -0.588. The summed E-state index contributed by atoms with van der Waals surface area (Å²) in [6, 6.07) is 0.986. The Labute approximate surface area is 129 Å². The van der Waals surface area contributed by atoms with Crippen LogP contribution in [0.25, 0.3) is 0 Å². The first-order chi connectivity index (χ1) is 9.88. The first-order valence-corrected chi connectivity index (χ1v) is 9.81. The van der Waals surface area contributed by atoms with Gasteiger partial charge < -0.3 is 4.43 Å². The van der Waals surface area contributed by atoms with E-state index in [-0.39, 0.29) is 17.2 Å². The molecule has 1 heterocycles. The van der Waals surface area contributed by atoms with Crippen LogP contribution in [-0.2, 0) is 15.4 Å². The SMILES string of the molecule is CC(C)(C)[Si](C)(C)OCC(ON)c1cncc(C(F)(F)F)c1. The third kappa shape index (κ3) is 4.77. The Morgan fingerprint density at radius 2 is 1.82 bits per heavy atom. The van der Waals surface area contributed by atoms with E-state index in [2.05, 4.69) is 25.8 Å². The zero-order valence-electron chi connectivity index (χ0n) is 13.5. The van der Waals surface area contributed by atoms with Crippen LogP contribution in [0, 0.1) is 0 Å². The Hall–Kier alpha value is -0.963. The molecule has 0 saturated carbocycles. The maximum Gasteiger partial charge on any atom is 0.417 e. The summed E-state index contributed by atoms with van der Waals surface area (Å²) in [7, 11) is -2.05. The molecule has 1 aromatic heterocycles. The van der Waals surface area contributed by atoms with Crippen molar-refractivity contribution in [2.75, 3.05) is 6.61 Å². The maximum atomic E-state index is 12.7. The molecule has 8 heteroatoms. The van der Waals surface area contributed by atoms with Gasteiger partial charge in [-0.3, -0.25) is 9.82 Å². The molecule has 126 valence electrons. The van der Waals surface area contributed by atoms with Gasteiger partial charge in [-0.15, -0.1) is 0 Å². The summed E-state index contributed by atoms with van der Waals surface area (Å²) in [6.07, 6.45) is -3.17. The van der Waals surface area contributed by atoms with Gasteiger partial charge in [-0.1, -0.05) is 20.8 Å². The molecule has 1 atom stereocenters. The molecule has 2 N–H and O–H groups in total. The second-order valence-electron chi connectivity index (χ2n) is 6.70. The largest absolute Gasteiger partial charge is 0.417 e. The lowest BCUT2D eigenvalue weighted by Crippen LogP contribution is -2.42. The molecule has 0 aliphatic heterocycles. The molecule has 1 unspecified atom stereocenters. The average Bonchev–Trinajstić information content (AvgIpc) is 2.37. The lowest BCUT2D eigenvalue weighted by Gasteiger charge is -2.37. The van der Waals surface area contributed by atoms with Crippen molar-refractivity contribution in [1.29, 1.82) is 0 Å². The fourth-order valence-corrected chi connectivity index (χ4v) is 2.50. The topological polar surface area (TPSA) is 57.4 Å². The average molecular weight is 336 g/mol. The van der Waals surface area contributed by atoms with E-state index in [1.54, 1.807) is 0 Å². The number of alkyl halides is 3. The van der Waals surface area contributed by atoms with Crippen molar-refractivity contribution in [1.82, 2.24) is 4.98 Å². The van der Waals surface area contributed by atoms with E-state index in [0.29, 0.717) is 0 Å². The molecular formula is C14H23F3N2O2Si. The number of hydrogen-bond donors (Lipinski definition) is 1. The fraction of sp³-hybridized carbons (Fsp3) is 0.643. The first-order valence-electron chi connectivity index (χ1n) is 6.90. The van der Waals surface area contributed by atoms with Gasteiger partial charge in [0.1, 0.15) is 6.10 Å². The van der Waals surface area contributed by atoms with Crippen molar-refractivity contribution in [2.24, 2.45) is 5.90 Å². The third-order valence-electron chi connectivity index (χ3n) is 4.02. The van der Waals surface area contributed by atoms with E-state index >= 15 is 0 Å². The lowest BCUT2D eigenvalue weighted by molar-refractivity contribution is -0.138. The van der Waals surface area contributed by atoms with Gasteiger partial charge in [0.2, 0.25) is 0 Å². The second kappa shape index (κ2) is 6.65. The molecule has 0 fully saturated rings. The van der Waals surface area contributed by atoms with Crippen LogP contribution >= 0.6 is 0 Å². The summed E-state index contributed by atoms with van der Waals surface area (Å²) >= 11 is 0. The summed E-state index contributed by atoms with van der Waals surface area (Å²) < 4.78 is 44.1. The summed E-state index contributed by atoms with van der Waals surface area (Å²) in [6.45, 7) is 10.4. The highest BCUT2D eigenvalue weighted by molar-refractivity contribution is 6.74. The molecule has 0 aromatic carbocycles. The van der Waals surface area contributed by atoms with Crippen molar-refractivity contribution < 1.29 is 22.4 Å². The molecule has 0 aliphatic carbocycles. The van der Waals surface area contributed by atoms with Crippen LogP contribution in [0.4, 0.5) is 13.2 Å². The predicted molar refractivity (Wildman–Crippen MR) is 80.4 cm³/mol. The van der Waals surface area contributed by atoms with E-state index < -0.39 is 26.2 Å². The molecule has 0 aliphatic rings. The molecule has 0 spiro atoms. The molecule has 22 heavy (non-hydrogen) atoms. The van der Waals surface area contributed by atoms with E-state index in [1.165, 1.54) is 6.20 Å². The lowest BCUT2D eigenvalue weighted by atomic mass is 10.1. The Morgan fingerprint density at radius 1 is 1.23 bits per heavy atom. The Morgan fingerprint density at radius 3 is 2.27 bits per heavy atom. The van der Waals surface area contributed by atoms with Gasteiger partial charge in [0.05, 0.1) is 12.2 Å². The highest BCUT2D eigenvalue weighted by Crippen LogP contribution is 2.37. The molecule has 0 radical (unpaired) electrons. The predicted octanol–water partition coefficient (Wildman–Crippen LogP) is 4.05. The smallest absolute Gasteiger partial charge is 0.414 e. The van der Waals surface area contributed by atoms with Gasteiger partial charge in [-0.05, 0) is 24.2 Å². The summed E-state index contributed by atoms with van der Waals surface area (Å²) in [5.74, 6) is 5.23.